The lowest BCUT2D eigenvalue weighted by atomic mass is 9.98. The molecule has 28 heavy (non-hydrogen) atoms. The molecule has 156 valence electrons. The van der Waals surface area contributed by atoms with E-state index in [2.05, 4.69) is 4.52 Å². The molecule has 1 aromatic heterocycles. The van der Waals surface area contributed by atoms with Gasteiger partial charge in [0, 0.05) is 0 Å². The number of carbonyl (C=O) groups excluding carboxylic acids is 1. The number of hydrogen-bond donors (Lipinski definition) is 1. The zero-order valence-electron chi connectivity index (χ0n) is 15.4. The number of esters is 1. The van der Waals surface area contributed by atoms with Gasteiger partial charge in [0.25, 0.3) is 5.56 Å². The van der Waals surface area contributed by atoms with E-state index in [0.717, 1.165) is 4.57 Å². The third-order valence-corrected chi connectivity index (χ3v) is 5.32. The lowest BCUT2D eigenvalue weighted by Gasteiger charge is -2.30. The minimum atomic E-state index is -4.33. The number of ether oxygens (including phenoxy) is 2. The Morgan fingerprint density at radius 1 is 1.39 bits per heavy atom. The van der Waals surface area contributed by atoms with E-state index in [4.69, 9.17) is 14.0 Å². The van der Waals surface area contributed by atoms with Crippen LogP contribution in [0.5, 0.6) is 0 Å². The lowest BCUT2D eigenvalue weighted by Crippen LogP contribution is -2.47. The van der Waals surface area contributed by atoms with Crippen LogP contribution in [0.1, 0.15) is 26.8 Å². The number of rotatable bonds is 3. The molecule has 0 amide bonds. The summed E-state index contributed by atoms with van der Waals surface area (Å²) in [5.41, 5.74) is -3.13. The monoisotopic (exact) mass is 422 g/mol. The van der Waals surface area contributed by atoms with Crippen molar-refractivity contribution >= 4 is 13.8 Å². The Balaban J connectivity index is 1.94. The maximum atomic E-state index is 14.2. The third-order valence-electron chi connectivity index (χ3n) is 4.33. The van der Waals surface area contributed by atoms with Crippen LogP contribution in [0.3, 0.4) is 0 Å². The summed E-state index contributed by atoms with van der Waals surface area (Å²) in [4.78, 5) is 46.1. The van der Waals surface area contributed by atoms with E-state index < -0.39 is 61.3 Å². The molecule has 1 N–H and O–H groups in total. The van der Waals surface area contributed by atoms with E-state index in [1.54, 1.807) is 20.8 Å². The molecule has 0 aromatic carbocycles. The molecule has 3 heterocycles. The van der Waals surface area contributed by atoms with Crippen LogP contribution in [0.2, 0.25) is 0 Å². The Kier molecular flexibility index (Phi) is 5.36. The summed E-state index contributed by atoms with van der Waals surface area (Å²) in [6, 6.07) is -0.985. The van der Waals surface area contributed by atoms with Crippen molar-refractivity contribution in [3.8, 4) is 0 Å². The highest BCUT2D eigenvalue weighted by Gasteiger charge is 2.49. The van der Waals surface area contributed by atoms with Gasteiger partial charge >= 0.3 is 19.5 Å². The average Bonchev–Trinajstić information content (AvgIpc) is 2.98. The Labute approximate surface area is 158 Å². The van der Waals surface area contributed by atoms with Gasteiger partial charge in [-0.2, -0.15) is 4.39 Å². The Morgan fingerprint density at radius 3 is 2.71 bits per heavy atom. The van der Waals surface area contributed by atoms with Crippen LogP contribution in [0.15, 0.2) is 15.8 Å². The first-order chi connectivity index (χ1) is 12.9. The molecule has 0 saturated carbocycles. The predicted molar refractivity (Wildman–Crippen MR) is 89.9 cm³/mol. The number of halogens is 1. The minimum absolute atomic E-state index is 0.141. The molecule has 3 rings (SSSR count). The van der Waals surface area contributed by atoms with Crippen LogP contribution in [-0.4, -0.2) is 45.4 Å². The number of fused-ring (bicyclic) bond motifs is 1. The number of nitrogens with zero attached hydrogens (tertiary/aromatic N) is 2. The van der Waals surface area contributed by atoms with Gasteiger partial charge in [-0.25, -0.2) is 13.9 Å². The van der Waals surface area contributed by atoms with Gasteiger partial charge in [0.05, 0.1) is 30.9 Å². The van der Waals surface area contributed by atoms with Gasteiger partial charge in [-0.1, -0.05) is 0 Å². The molecule has 2 aliphatic heterocycles. The molecular formula is C15H20FN2O9P. The second-order valence-corrected chi connectivity index (χ2v) is 8.89. The van der Waals surface area contributed by atoms with Crippen molar-refractivity contribution in [3.63, 3.8) is 0 Å². The van der Waals surface area contributed by atoms with Gasteiger partial charge in [0.15, 0.2) is 6.73 Å². The Morgan fingerprint density at radius 2 is 2.07 bits per heavy atom. The second kappa shape index (κ2) is 7.20. The van der Waals surface area contributed by atoms with Gasteiger partial charge in [-0.3, -0.25) is 23.2 Å². The normalized spacial score (nSPS) is 30.1. The number of hydrogen-bond acceptors (Lipinski definition) is 8. The first kappa shape index (κ1) is 20.9. The fourth-order valence-corrected chi connectivity index (χ4v) is 3.79. The standard InChI is InChI=1S/C15H20FN2O9P/c1-15(2,3)13(20)25-7-18-12(19)8(16)4-17(14(18)21)9-5-24-10-6-26-28(22,23)27-11(9)10/h4,9-11H,5-7H2,1-3H3,(H,22,23)/t9?,10-,11+/m1/s1. The number of aromatic nitrogens is 2. The minimum Gasteiger partial charge on any atom is -0.443 e. The summed E-state index contributed by atoms with van der Waals surface area (Å²) in [5.74, 6) is -1.96. The van der Waals surface area contributed by atoms with Crippen LogP contribution < -0.4 is 11.2 Å². The molecule has 2 saturated heterocycles. The SMILES string of the molecule is CC(C)(C)C(=O)OCn1c(=O)c(F)cn(C2CO[C@@H]3COP(=O)(O)O[C@@H]23)c1=O. The molecule has 11 nitrogen and oxygen atoms in total. The highest BCUT2D eigenvalue weighted by atomic mass is 31.2. The molecule has 13 heteroatoms. The lowest BCUT2D eigenvalue weighted by molar-refractivity contribution is -0.157. The molecule has 0 bridgehead atoms. The van der Waals surface area contributed by atoms with Crippen LogP contribution in [0.4, 0.5) is 4.39 Å². The predicted octanol–water partition coefficient (Wildman–Crippen LogP) is 0.152. The maximum absolute atomic E-state index is 14.2. The molecule has 4 atom stereocenters. The summed E-state index contributed by atoms with van der Waals surface area (Å²) in [6.07, 6.45) is -1.14. The van der Waals surface area contributed by atoms with E-state index in [-0.39, 0.29) is 13.2 Å². The van der Waals surface area contributed by atoms with Crippen LogP contribution >= 0.6 is 7.82 Å². The van der Waals surface area contributed by atoms with Gasteiger partial charge in [-0.15, -0.1) is 0 Å². The van der Waals surface area contributed by atoms with Crippen molar-refractivity contribution in [2.75, 3.05) is 13.2 Å². The van der Waals surface area contributed by atoms with Crippen molar-refractivity contribution in [1.29, 1.82) is 0 Å². The fourth-order valence-electron chi connectivity index (χ4n) is 2.81. The van der Waals surface area contributed by atoms with Crippen LogP contribution in [-0.2, 0) is 34.6 Å². The zero-order chi connectivity index (χ0) is 20.9. The third kappa shape index (κ3) is 3.96. The second-order valence-electron chi connectivity index (χ2n) is 7.48. The van der Waals surface area contributed by atoms with Gasteiger partial charge in [0.2, 0.25) is 5.82 Å². The van der Waals surface area contributed by atoms with Crippen LogP contribution in [0.25, 0.3) is 0 Å². The summed E-state index contributed by atoms with van der Waals surface area (Å²) in [5, 5.41) is 0. The number of carbonyl (C=O) groups is 1. The van der Waals surface area contributed by atoms with Gasteiger partial charge in [-0.05, 0) is 20.8 Å². The van der Waals surface area contributed by atoms with Crippen molar-refractivity contribution < 1.29 is 37.2 Å². The smallest absolute Gasteiger partial charge is 0.443 e. The first-order valence-electron chi connectivity index (χ1n) is 8.37. The Hall–Kier alpha value is -1.85. The molecule has 2 aliphatic rings. The van der Waals surface area contributed by atoms with Crippen molar-refractivity contribution in [2.45, 2.75) is 45.8 Å². The molecule has 2 unspecified atom stereocenters. The van der Waals surface area contributed by atoms with E-state index in [1.807, 2.05) is 0 Å². The van der Waals surface area contributed by atoms with E-state index in [1.165, 1.54) is 0 Å². The molecule has 1 aromatic rings. The quantitative estimate of drug-likeness (QED) is 0.533. The molecule has 0 aliphatic carbocycles. The number of phosphoric acid groups is 1. The molecule has 0 spiro atoms. The first-order valence-corrected chi connectivity index (χ1v) is 9.86. The van der Waals surface area contributed by atoms with Gasteiger partial charge < -0.3 is 14.4 Å². The summed E-state index contributed by atoms with van der Waals surface area (Å²) in [7, 11) is -4.33. The van der Waals surface area contributed by atoms with E-state index in [0.29, 0.717) is 10.8 Å². The molecule has 0 radical (unpaired) electrons. The summed E-state index contributed by atoms with van der Waals surface area (Å²) in [6.45, 7) is 3.57. The highest BCUT2D eigenvalue weighted by Crippen LogP contribution is 2.52. The maximum Gasteiger partial charge on any atom is 0.472 e. The largest absolute Gasteiger partial charge is 0.472 e. The average molecular weight is 422 g/mol. The van der Waals surface area contributed by atoms with Crippen molar-refractivity contribution in [3.05, 3.63) is 32.9 Å². The Bertz CT molecular complexity index is 950. The van der Waals surface area contributed by atoms with Crippen LogP contribution in [0, 0.1) is 11.2 Å². The summed E-state index contributed by atoms with van der Waals surface area (Å²) >= 11 is 0. The van der Waals surface area contributed by atoms with E-state index in [9.17, 15) is 28.2 Å². The number of phosphoric ester groups is 1. The van der Waals surface area contributed by atoms with E-state index >= 15 is 0 Å². The molecule has 2 fully saturated rings. The highest BCUT2D eigenvalue weighted by molar-refractivity contribution is 7.47. The summed E-state index contributed by atoms with van der Waals surface area (Å²) < 4.78 is 47.1. The van der Waals surface area contributed by atoms with Gasteiger partial charge in [0.1, 0.15) is 12.2 Å². The fraction of sp³-hybridized carbons (Fsp3) is 0.667. The molecular weight excluding hydrogens is 402 g/mol. The zero-order valence-corrected chi connectivity index (χ0v) is 16.3. The van der Waals surface area contributed by atoms with Crippen molar-refractivity contribution in [1.82, 2.24) is 9.13 Å². The topological polar surface area (TPSA) is 135 Å². The van der Waals surface area contributed by atoms with Crippen molar-refractivity contribution in [2.24, 2.45) is 5.41 Å².